The van der Waals surface area contributed by atoms with E-state index in [1.165, 1.54) is 4.90 Å². The number of carbonyl (C=O) groups is 2. The van der Waals surface area contributed by atoms with Gasteiger partial charge in [-0.1, -0.05) is 18.2 Å². The molecule has 1 aliphatic rings. The second kappa shape index (κ2) is 8.49. The molecule has 2 N–H and O–H groups in total. The standard InChI is InChI=1S/C22H21F2N3O2S/c23-15-5-6-18(24)17(12-15)21(28)26-7-9-27(10-8-26)22(29)19(25)11-14-13-30-20-4-2-1-3-16(14)20/h1-6,12-13,19H,7-11,25H2. The molecule has 1 fully saturated rings. The van der Waals surface area contributed by atoms with Gasteiger partial charge >= 0.3 is 0 Å². The van der Waals surface area contributed by atoms with Gasteiger partial charge in [0.2, 0.25) is 5.91 Å². The quantitative estimate of drug-likeness (QED) is 0.693. The SMILES string of the molecule is NC(Cc1csc2ccccc12)C(=O)N1CCN(C(=O)c2cc(F)ccc2F)CC1. The van der Waals surface area contributed by atoms with E-state index in [0.29, 0.717) is 19.5 Å². The van der Waals surface area contributed by atoms with Gasteiger partial charge in [0.05, 0.1) is 11.6 Å². The molecule has 156 valence electrons. The van der Waals surface area contributed by atoms with Gasteiger partial charge < -0.3 is 15.5 Å². The van der Waals surface area contributed by atoms with Gasteiger partial charge in [-0.25, -0.2) is 8.78 Å². The van der Waals surface area contributed by atoms with Crippen LogP contribution < -0.4 is 5.73 Å². The van der Waals surface area contributed by atoms with E-state index in [4.69, 9.17) is 5.73 Å². The summed E-state index contributed by atoms with van der Waals surface area (Å²) in [6.45, 7) is 1.10. The average Bonchev–Trinajstić information content (AvgIpc) is 3.17. The van der Waals surface area contributed by atoms with Crippen LogP contribution in [0.1, 0.15) is 15.9 Å². The third-order valence-electron chi connectivity index (χ3n) is 5.36. The van der Waals surface area contributed by atoms with Gasteiger partial charge in [0.25, 0.3) is 5.91 Å². The third kappa shape index (κ3) is 4.06. The number of benzene rings is 2. The largest absolute Gasteiger partial charge is 0.338 e. The van der Waals surface area contributed by atoms with Crippen LogP contribution in [0.25, 0.3) is 10.1 Å². The van der Waals surface area contributed by atoms with Crippen LogP contribution in [0, 0.1) is 11.6 Å². The fourth-order valence-corrected chi connectivity index (χ4v) is 4.69. The fourth-order valence-electron chi connectivity index (χ4n) is 3.71. The predicted molar refractivity (Wildman–Crippen MR) is 112 cm³/mol. The molecule has 1 unspecified atom stereocenters. The first kappa shape index (κ1) is 20.4. The summed E-state index contributed by atoms with van der Waals surface area (Å²) in [5.41, 5.74) is 6.95. The Hall–Kier alpha value is -2.84. The van der Waals surface area contributed by atoms with Crippen LogP contribution in [0.3, 0.4) is 0 Å². The highest BCUT2D eigenvalue weighted by Crippen LogP contribution is 2.26. The van der Waals surface area contributed by atoms with Crippen molar-refractivity contribution < 1.29 is 18.4 Å². The van der Waals surface area contributed by atoms with Crippen molar-refractivity contribution in [3.8, 4) is 0 Å². The number of amides is 2. The lowest BCUT2D eigenvalue weighted by atomic mass is 10.0. The van der Waals surface area contributed by atoms with E-state index < -0.39 is 23.6 Å². The van der Waals surface area contributed by atoms with Gasteiger partial charge in [-0.15, -0.1) is 11.3 Å². The first-order valence-electron chi connectivity index (χ1n) is 9.68. The van der Waals surface area contributed by atoms with Crippen molar-refractivity contribution in [1.29, 1.82) is 0 Å². The van der Waals surface area contributed by atoms with Crippen LogP contribution in [-0.4, -0.2) is 53.8 Å². The van der Waals surface area contributed by atoms with Gasteiger partial charge in [0, 0.05) is 30.9 Å². The van der Waals surface area contributed by atoms with E-state index >= 15 is 0 Å². The molecule has 2 amide bonds. The van der Waals surface area contributed by atoms with Crippen molar-refractivity contribution in [2.45, 2.75) is 12.5 Å². The van der Waals surface area contributed by atoms with E-state index in [9.17, 15) is 18.4 Å². The Bertz CT molecular complexity index is 1090. The molecule has 0 saturated carbocycles. The topological polar surface area (TPSA) is 66.6 Å². The monoisotopic (exact) mass is 429 g/mol. The number of carbonyl (C=O) groups excluding carboxylic acids is 2. The van der Waals surface area contributed by atoms with Gasteiger partial charge in [0.1, 0.15) is 11.6 Å². The maximum absolute atomic E-state index is 13.9. The number of fused-ring (bicyclic) bond motifs is 1. The lowest BCUT2D eigenvalue weighted by molar-refractivity contribution is -0.134. The first-order valence-corrected chi connectivity index (χ1v) is 10.6. The van der Waals surface area contributed by atoms with Gasteiger partial charge in [0.15, 0.2) is 0 Å². The van der Waals surface area contributed by atoms with E-state index in [1.807, 2.05) is 29.6 Å². The Morgan fingerprint density at radius 1 is 1.03 bits per heavy atom. The average molecular weight is 429 g/mol. The number of nitrogens with two attached hydrogens (primary N) is 1. The minimum absolute atomic E-state index is 0.172. The summed E-state index contributed by atoms with van der Waals surface area (Å²) < 4.78 is 28.4. The van der Waals surface area contributed by atoms with E-state index in [1.54, 1.807) is 16.2 Å². The molecule has 2 heterocycles. The molecular formula is C22H21F2N3O2S. The molecule has 0 bridgehead atoms. The molecular weight excluding hydrogens is 408 g/mol. The molecule has 1 aliphatic heterocycles. The lowest BCUT2D eigenvalue weighted by Crippen LogP contribution is -2.54. The molecule has 30 heavy (non-hydrogen) atoms. The molecule has 4 rings (SSSR count). The minimum Gasteiger partial charge on any atom is -0.338 e. The molecule has 5 nitrogen and oxygen atoms in total. The highest BCUT2D eigenvalue weighted by Gasteiger charge is 2.29. The summed E-state index contributed by atoms with van der Waals surface area (Å²) in [5, 5.41) is 3.14. The molecule has 1 saturated heterocycles. The molecule has 1 aromatic heterocycles. The summed E-state index contributed by atoms with van der Waals surface area (Å²) in [6, 6.07) is 10.1. The third-order valence-corrected chi connectivity index (χ3v) is 6.37. The molecule has 8 heteroatoms. The van der Waals surface area contributed by atoms with E-state index in [2.05, 4.69) is 0 Å². The first-order chi connectivity index (χ1) is 14.4. The van der Waals surface area contributed by atoms with Crippen LogP contribution in [0.5, 0.6) is 0 Å². The van der Waals surface area contributed by atoms with Crippen LogP contribution in [-0.2, 0) is 11.2 Å². The zero-order chi connectivity index (χ0) is 21.3. The summed E-state index contributed by atoms with van der Waals surface area (Å²) in [5.74, 6) is -2.17. The molecule has 3 aromatic rings. The highest BCUT2D eigenvalue weighted by molar-refractivity contribution is 7.17. The summed E-state index contributed by atoms with van der Waals surface area (Å²) in [4.78, 5) is 28.4. The number of piperazine rings is 1. The second-order valence-corrected chi connectivity index (χ2v) is 8.22. The van der Waals surface area contributed by atoms with Crippen LogP contribution in [0.4, 0.5) is 8.78 Å². The van der Waals surface area contributed by atoms with Crippen LogP contribution in [0.15, 0.2) is 47.8 Å². The normalized spacial score (nSPS) is 15.4. The number of nitrogens with zero attached hydrogens (tertiary/aromatic N) is 2. The Morgan fingerprint density at radius 2 is 1.73 bits per heavy atom. The molecule has 1 atom stereocenters. The van der Waals surface area contributed by atoms with Crippen molar-refractivity contribution in [2.24, 2.45) is 5.73 Å². The lowest BCUT2D eigenvalue weighted by Gasteiger charge is -2.36. The van der Waals surface area contributed by atoms with Gasteiger partial charge in [-0.3, -0.25) is 9.59 Å². The zero-order valence-electron chi connectivity index (χ0n) is 16.2. The second-order valence-electron chi connectivity index (χ2n) is 7.31. The van der Waals surface area contributed by atoms with Crippen LogP contribution in [0.2, 0.25) is 0 Å². The Kier molecular flexibility index (Phi) is 5.78. The van der Waals surface area contributed by atoms with Crippen molar-refractivity contribution in [3.05, 3.63) is 70.6 Å². The Balaban J connectivity index is 1.37. The van der Waals surface area contributed by atoms with Crippen LogP contribution >= 0.6 is 11.3 Å². The number of thiophene rings is 1. The summed E-state index contributed by atoms with van der Waals surface area (Å²) in [6.07, 6.45) is 0.441. The Morgan fingerprint density at radius 3 is 2.50 bits per heavy atom. The fraction of sp³-hybridized carbons (Fsp3) is 0.273. The van der Waals surface area contributed by atoms with Crippen molar-refractivity contribution in [1.82, 2.24) is 9.80 Å². The molecule has 0 spiro atoms. The Labute approximate surface area is 176 Å². The predicted octanol–water partition coefficient (Wildman–Crippen LogP) is 3.03. The summed E-state index contributed by atoms with van der Waals surface area (Å²) >= 11 is 1.62. The molecule has 2 aromatic carbocycles. The van der Waals surface area contributed by atoms with Crippen molar-refractivity contribution in [2.75, 3.05) is 26.2 Å². The minimum atomic E-state index is -0.759. The molecule has 0 aliphatic carbocycles. The van der Waals surface area contributed by atoms with Gasteiger partial charge in [-0.05, 0) is 47.0 Å². The highest BCUT2D eigenvalue weighted by atomic mass is 32.1. The number of halogens is 2. The van der Waals surface area contributed by atoms with Gasteiger partial charge in [-0.2, -0.15) is 0 Å². The van der Waals surface area contributed by atoms with Crippen molar-refractivity contribution in [3.63, 3.8) is 0 Å². The van der Waals surface area contributed by atoms with E-state index in [-0.39, 0.29) is 24.6 Å². The maximum atomic E-state index is 13.9. The molecule has 0 radical (unpaired) electrons. The number of rotatable bonds is 4. The van der Waals surface area contributed by atoms with Crippen molar-refractivity contribution >= 4 is 33.2 Å². The summed E-state index contributed by atoms with van der Waals surface area (Å²) in [7, 11) is 0. The smallest absolute Gasteiger partial charge is 0.257 e. The number of hydrogen-bond acceptors (Lipinski definition) is 4. The van der Waals surface area contributed by atoms with E-state index in [0.717, 1.165) is 33.8 Å². The maximum Gasteiger partial charge on any atom is 0.257 e. The number of hydrogen-bond donors (Lipinski definition) is 1. The zero-order valence-corrected chi connectivity index (χ0v) is 17.0.